The van der Waals surface area contributed by atoms with Crippen LogP contribution in [0, 0.1) is 0 Å². The summed E-state index contributed by atoms with van der Waals surface area (Å²) in [7, 11) is 0. The Morgan fingerprint density at radius 3 is 2.96 bits per heavy atom. The third-order valence-corrected chi connectivity index (χ3v) is 4.71. The molecule has 0 saturated carbocycles. The fraction of sp³-hybridized carbons (Fsp3) is 0.471. The van der Waals surface area contributed by atoms with E-state index in [0.29, 0.717) is 13.2 Å². The highest BCUT2D eigenvalue weighted by Crippen LogP contribution is 2.43. The Labute approximate surface area is 140 Å². The van der Waals surface area contributed by atoms with Gasteiger partial charge in [-0.3, -0.25) is 4.79 Å². The minimum Gasteiger partial charge on any atom is -0.487 e. The van der Waals surface area contributed by atoms with Crippen molar-refractivity contribution < 1.29 is 14.3 Å². The molecule has 1 atom stereocenters. The number of ether oxygens (including phenoxy) is 2. The van der Waals surface area contributed by atoms with E-state index >= 15 is 0 Å². The van der Waals surface area contributed by atoms with Crippen molar-refractivity contribution in [3.05, 3.63) is 42.5 Å². The van der Waals surface area contributed by atoms with Crippen molar-refractivity contribution in [3.63, 3.8) is 0 Å². The molecule has 0 radical (unpaired) electrons. The normalized spacial score (nSPS) is 21.8. The molecule has 0 unspecified atom stereocenters. The zero-order chi connectivity index (χ0) is 16.4. The van der Waals surface area contributed by atoms with Crippen LogP contribution in [0.5, 0.6) is 5.75 Å². The van der Waals surface area contributed by atoms with Gasteiger partial charge in [0.25, 0.3) is 0 Å². The molecule has 0 aliphatic carbocycles. The van der Waals surface area contributed by atoms with E-state index in [1.165, 1.54) is 17.3 Å². The van der Waals surface area contributed by atoms with E-state index < -0.39 is 0 Å². The zero-order valence-electron chi connectivity index (χ0n) is 13.4. The van der Waals surface area contributed by atoms with E-state index in [-0.39, 0.29) is 24.1 Å². The molecule has 1 aromatic carbocycles. The van der Waals surface area contributed by atoms with Crippen LogP contribution in [0.1, 0.15) is 30.9 Å². The van der Waals surface area contributed by atoms with Gasteiger partial charge in [-0.05, 0) is 6.07 Å². The number of hydrogen-bond acceptors (Lipinski definition) is 5. The van der Waals surface area contributed by atoms with Gasteiger partial charge in [0.05, 0.1) is 19.3 Å². The molecule has 4 rings (SSSR count). The first-order valence-corrected chi connectivity index (χ1v) is 8.22. The van der Waals surface area contributed by atoms with Crippen LogP contribution in [0.15, 0.2) is 36.9 Å². The molecule has 2 aromatic rings. The van der Waals surface area contributed by atoms with Crippen molar-refractivity contribution in [3.8, 4) is 5.75 Å². The summed E-state index contributed by atoms with van der Waals surface area (Å²) in [6.07, 6.45) is 5.41. The summed E-state index contributed by atoms with van der Waals surface area (Å²) in [5.74, 6) is 0.779. The number of carbonyl (C=O) groups is 1. The van der Waals surface area contributed by atoms with Gasteiger partial charge in [-0.2, -0.15) is 5.10 Å². The minimum absolute atomic E-state index is 0.0657. The first kappa shape index (κ1) is 15.1. The quantitative estimate of drug-likeness (QED) is 0.923. The van der Waals surface area contributed by atoms with E-state index in [1.54, 1.807) is 0 Å². The van der Waals surface area contributed by atoms with Crippen molar-refractivity contribution in [2.45, 2.75) is 37.5 Å². The second-order valence-corrected chi connectivity index (χ2v) is 6.35. The maximum absolute atomic E-state index is 12.4. The van der Waals surface area contributed by atoms with Crippen molar-refractivity contribution in [1.29, 1.82) is 0 Å². The zero-order valence-corrected chi connectivity index (χ0v) is 13.4. The van der Waals surface area contributed by atoms with E-state index in [9.17, 15) is 4.79 Å². The summed E-state index contributed by atoms with van der Waals surface area (Å²) in [5.41, 5.74) is 0.777. The van der Waals surface area contributed by atoms with Crippen molar-refractivity contribution in [2.75, 3.05) is 13.2 Å². The van der Waals surface area contributed by atoms with Crippen LogP contribution in [0.4, 0.5) is 0 Å². The lowest BCUT2D eigenvalue weighted by molar-refractivity contribution is -0.123. The number of para-hydroxylation sites is 1. The Kier molecular flexibility index (Phi) is 3.93. The number of carbonyl (C=O) groups excluding carboxylic acids is 1. The molecular formula is C17H20N4O3. The molecule has 24 heavy (non-hydrogen) atoms. The predicted molar refractivity (Wildman–Crippen MR) is 85.4 cm³/mol. The average Bonchev–Trinajstić information content (AvgIpc) is 3.08. The van der Waals surface area contributed by atoms with Crippen LogP contribution in [0.25, 0.3) is 0 Å². The molecule has 1 aromatic heterocycles. The smallest absolute Gasteiger partial charge is 0.242 e. The second kappa shape index (κ2) is 6.24. The van der Waals surface area contributed by atoms with E-state index in [0.717, 1.165) is 30.6 Å². The van der Waals surface area contributed by atoms with Crippen LogP contribution >= 0.6 is 0 Å². The Bertz CT molecular complexity index is 710. The van der Waals surface area contributed by atoms with Gasteiger partial charge >= 0.3 is 0 Å². The topological polar surface area (TPSA) is 78.3 Å². The van der Waals surface area contributed by atoms with Gasteiger partial charge in [-0.1, -0.05) is 18.2 Å². The molecule has 2 aliphatic heterocycles. The average molecular weight is 328 g/mol. The van der Waals surface area contributed by atoms with Gasteiger partial charge in [-0.15, -0.1) is 0 Å². The fourth-order valence-electron chi connectivity index (χ4n) is 3.50. The van der Waals surface area contributed by atoms with Crippen LogP contribution in [-0.2, 0) is 16.1 Å². The van der Waals surface area contributed by atoms with Crippen LogP contribution < -0.4 is 10.1 Å². The standard InChI is InChI=1S/C17H20N4O3/c22-16(10-21-12-18-11-19-21)20-14-9-17(5-7-23-8-6-17)24-15-4-2-1-3-13(14)15/h1-4,11-12,14H,5-10H2,(H,20,22)/t14-/m0/s1. The van der Waals surface area contributed by atoms with Crippen molar-refractivity contribution in [1.82, 2.24) is 20.1 Å². The molecule has 0 bridgehead atoms. The lowest BCUT2D eigenvalue weighted by Gasteiger charge is -2.44. The molecule has 1 spiro atoms. The molecule has 3 heterocycles. The Morgan fingerprint density at radius 1 is 1.33 bits per heavy atom. The number of nitrogens with zero attached hydrogens (tertiary/aromatic N) is 3. The van der Waals surface area contributed by atoms with Gasteiger partial charge in [0, 0.05) is 24.8 Å². The maximum atomic E-state index is 12.4. The van der Waals surface area contributed by atoms with Gasteiger partial charge < -0.3 is 14.8 Å². The molecule has 1 saturated heterocycles. The molecule has 7 heteroatoms. The molecule has 7 nitrogen and oxygen atoms in total. The SMILES string of the molecule is O=C(Cn1cncn1)N[C@H]1CC2(CCOCC2)Oc2ccccc21. The summed E-state index contributed by atoms with van der Waals surface area (Å²) in [6.45, 7) is 1.55. The molecule has 1 fully saturated rings. The van der Waals surface area contributed by atoms with Gasteiger partial charge in [-0.25, -0.2) is 9.67 Å². The largest absolute Gasteiger partial charge is 0.487 e. The number of fused-ring (bicyclic) bond motifs is 1. The molecule has 2 aliphatic rings. The summed E-state index contributed by atoms with van der Waals surface area (Å²) in [4.78, 5) is 16.3. The Hall–Kier alpha value is -2.41. The first-order valence-electron chi connectivity index (χ1n) is 8.22. The number of amides is 1. The van der Waals surface area contributed by atoms with Gasteiger partial charge in [0.15, 0.2) is 0 Å². The third kappa shape index (κ3) is 2.99. The van der Waals surface area contributed by atoms with E-state index in [4.69, 9.17) is 9.47 Å². The number of benzene rings is 1. The van der Waals surface area contributed by atoms with Crippen LogP contribution in [-0.4, -0.2) is 39.5 Å². The highest BCUT2D eigenvalue weighted by Gasteiger charge is 2.42. The van der Waals surface area contributed by atoms with Crippen molar-refractivity contribution in [2.24, 2.45) is 0 Å². The summed E-state index contributed by atoms with van der Waals surface area (Å²) >= 11 is 0. The van der Waals surface area contributed by atoms with Crippen LogP contribution in [0.3, 0.4) is 0 Å². The second-order valence-electron chi connectivity index (χ2n) is 6.35. The van der Waals surface area contributed by atoms with Gasteiger partial charge in [0.1, 0.15) is 30.5 Å². The molecule has 1 amide bonds. The Balaban J connectivity index is 1.55. The van der Waals surface area contributed by atoms with Crippen LogP contribution in [0.2, 0.25) is 0 Å². The number of aromatic nitrogens is 3. The van der Waals surface area contributed by atoms with Gasteiger partial charge in [0.2, 0.25) is 5.91 Å². The lowest BCUT2D eigenvalue weighted by atomic mass is 9.82. The molecule has 126 valence electrons. The van der Waals surface area contributed by atoms with E-state index in [1.807, 2.05) is 24.3 Å². The third-order valence-electron chi connectivity index (χ3n) is 4.71. The minimum atomic E-state index is -0.252. The maximum Gasteiger partial charge on any atom is 0.242 e. The lowest BCUT2D eigenvalue weighted by Crippen LogP contribution is -2.48. The van der Waals surface area contributed by atoms with E-state index in [2.05, 4.69) is 15.4 Å². The summed E-state index contributed by atoms with van der Waals surface area (Å²) in [5, 5.41) is 7.12. The predicted octanol–water partition coefficient (Wildman–Crippen LogP) is 1.47. The number of hydrogen-bond donors (Lipinski definition) is 1. The van der Waals surface area contributed by atoms with Crippen molar-refractivity contribution >= 4 is 5.91 Å². The molecule has 1 N–H and O–H groups in total. The Morgan fingerprint density at radius 2 is 2.17 bits per heavy atom. The number of nitrogens with one attached hydrogen (secondary N) is 1. The fourth-order valence-corrected chi connectivity index (χ4v) is 3.50. The first-order chi connectivity index (χ1) is 11.7. The summed E-state index contributed by atoms with van der Waals surface area (Å²) in [6, 6.07) is 7.86. The number of rotatable bonds is 3. The molecular weight excluding hydrogens is 308 g/mol. The highest BCUT2D eigenvalue weighted by atomic mass is 16.5. The highest BCUT2D eigenvalue weighted by molar-refractivity contribution is 5.76. The summed E-state index contributed by atoms with van der Waals surface area (Å²) < 4.78 is 13.3. The monoisotopic (exact) mass is 328 g/mol.